The van der Waals surface area contributed by atoms with Gasteiger partial charge in [0.15, 0.2) is 4.80 Å². The Bertz CT molecular complexity index is 1990. The second-order valence-electron chi connectivity index (χ2n) is 10.2. The lowest BCUT2D eigenvalue weighted by atomic mass is 9.83. The normalized spacial score (nSPS) is 16.0. The summed E-state index contributed by atoms with van der Waals surface area (Å²) in [6, 6.07) is 32.0. The lowest BCUT2D eigenvalue weighted by molar-refractivity contribution is 0.306. The van der Waals surface area contributed by atoms with Crippen molar-refractivity contribution in [1.29, 1.82) is 0 Å². The Balaban J connectivity index is 1.30. The van der Waals surface area contributed by atoms with Gasteiger partial charge < -0.3 is 4.74 Å². The maximum atomic E-state index is 14.0. The van der Waals surface area contributed by atoms with E-state index in [0.29, 0.717) is 16.2 Å². The molecule has 1 aromatic heterocycles. The van der Waals surface area contributed by atoms with E-state index in [0.717, 1.165) is 50.3 Å². The summed E-state index contributed by atoms with van der Waals surface area (Å²) in [4.78, 5) is 19.9. The number of aromatic nitrogens is 1. The molecule has 7 rings (SSSR count). The maximum Gasteiger partial charge on any atom is 0.271 e. The minimum absolute atomic E-state index is 0.0282. The highest BCUT2D eigenvalue weighted by molar-refractivity contribution is 9.10. The van der Waals surface area contributed by atoms with Crippen molar-refractivity contribution in [3.63, 3.8) is 0 Å². The largest absolute Gasteiger partial charge is 0.489 e. The van der Waals surface area contributed by atoms with Gasteiger partial charge in [0.05, 0.1) is 16.3 Å². The molecule has 1 atom stereocenters. The number of hydrogen-bond donors (Lipinski definition) is 0. The van der Waals surface area contributed by atoms with Crippen LogP contribution in [0.3, 0.4) is 0 Å². The summed E-state index contributed by atoms with van der Waals surface area (Å²) in [5, 5.41) is 0.699. The second kappa shape index (κ2) is 10.9. The highest BCUT2D eigenvalue weighted by atomic mass is 79.9. The van der Waals surface area contributed by atoms with Gasteiger partial charge in [0, 0.05) is 15.1 Å². The van der Waals surface area contributed by atoms with E-state index in [1.807, 2.05) is 71.3 Å². The molecule has 4 aromatic carbocycles. The van der Waals surface area contributed by atoms with Gasteiger partial charge in [0.1, 0.15) is 12.4 Å². The molecule has 0 spiro atoms. The van der Waals surface area contributed by atoms with Crippen LogP contribution >= 0.6 is 38.9 Å². The van der Waals surface area contributed by atoms with Gasteiger partial charge in [-0.3, -0.25) is 9.36 Å². The Morgan fingerprint density at radius 3 is 2.61 bits per heavy atom. The van der Waals surface area contributed by atoms with Crippen LogP contribution in [0.2, 0.25) is 5.02 Å². The van der Waals surface area contributed by atoms with E-state index in [1.165, 1.54) is 28.0 Å². The monoisotopic (exact) mass is 638 g/mol. The lowest BCUT2D eigenvalue weighted by Crippen LogP contribution is -2.38. The number of nitrogens with zero attached hydrogens (tertiary/aromatic N) is 2. The van der Waals surface area contributed by atoms with E-state index in [9.17, 15) is 4.79 Å². The highest BCUT2D eigenvalue weighted by Gasteiger charge is 2.32. The van der Waals surface area contributed by atoms with E-state index in [2.05, 4.69) is 52.3 Å². The van der Waals surface area contributed by atoms with Crippen LogP contribution in [-0.2, 0) is 13.0 Å². The van der Waals surface area contributed by atoms with Gasteiger partial charge in [0.2, 0.25) is 0 Å². The molecule has 1 aliphatic heterocycles. The van der Waals surface area contributed by atoms with Crippen molar-refractivity contribution >= 4 is 50.6 Å². The second-order valence-corrected chi connectivity index (χ2v) is 12.5. The maximum absolute atomic E-state index is 14.0. The van der Waals surface area contributed by atoms with Crippen LogP contribution in [0, 0.1) is 0 Å². The van der Waals surface area contributed by atoms with Gasteiger partial charge in [-0.1, -0.05) is 99.5 Å². The average molecular weight is 640 g/mol. The van der Waals surface area contributed by atoms with Crippen molar-refractivity contribution in [3.8, 4) is 5.75 Å². The molecule has 1 aliphatic carbocycles. The number of ether oxygens (including phenoxy) is 1. The average Bonchev–Trinajstić information content (AvgIpc) is 3.30. The van der Waals surface area contributed by atoms with Gasteiger partial charge >= 0.3 is 0 Å². The number of benzene rings is 4. The SMILES string of the molecule is O=c1/c(=C\c2cccc(OCc3ccc(Cl)cc3)c2)sc2n1[C@@H](c1ccc(Br)cc1)C1=C(N=2)c2ccccc2CC1. The van der Waals surface area contributed by atoms with Gasteiger partial charge in [-0.2, -0.15) is 0 Å². The molecule has 0 unspecified atom stereocenters. The van der Waals surface area contributed by atoms with Gasteiger partial charge in [-0.05, 0) is 83.1 Å². The van der Waals surface area contributed by atoms with Crippen LogP contribution in [0.5, 0.6) is 5.75 Å². The molecule has 0 saturated carbocycles. The van der Waals surface area contributed by atoms with Crippen LogP contribution in [0.4, 0.5) is 0 Å². The fourth-order valence-corrected chi connectivity index (χ4v) is 6.95. The Morgan fingerprint density at radius 1 is 0.976 bits per heavy atom. The first kappa shape index (κ1) is 26.2. The number of aryl methyl sites for hydroxylation is 1. The smallest absolute Gasteiger partial charge is 0.271 e. The molecule has 2 aliphatic rings. The summed E-state index contributed by atoms with van der Waals surface area (Å²) in [6.07, 6.45) is 3.74. The lowest BCUT2D eigenvalue weighted by Gasteiger charge is -2.30. The predicted molar refractivity (Wildman–Crippen MR) is 169 cm³/mol. The van der Waals surface area contributed by atoms with Crippen molar-refractivity contribution < 1.29 is 4.74 Å². The number of fused-ring (bicyclic) bond motifs is 3. The van der Waals surface area contributed by atoms with Crippen molar-refractivity contribution in [2.24, 2.45) is 4.99 Å². The third kappa shape index (κ3) is 5.12. The molecule has 202 valence electrons. The van der Waals surface area contributed by atoms with E-state index < -0.39 is 0 Å². The zero-order valence-electron chi connectivity index (χ0n) is 21.9. The van der Waals surface area contributed by atoms with E-state index in [-0.39, 0.29) is 11.6 Å². The molecule has 7 heteroatoms. The first-order chi connectivity index (χ1) is 20.0. The molecule has 4 nitrogen and oxygen atoms in total. The predicted octanol–water partition coefficient (Wildman–Crippen LogP) is 7.31. The Hall–Kier alpha value is -3.71. The molecule has 2 heterocycles. The minimum Gasteiger partial charge on any atom is -0.489 e. The van der Waals surface area contributed by atoms with Crippen LogP contribution in [0.25, 0.3) is 11.8 Å². The van der Waals surface area contributed by atoms with Crippen molar-refractivity contribution in [3.05, 3.63) is 160 Å². The molecule has 0 bridgehead atoms. The standard InChI is InChI=1S/C34H24BrClN2O2S/c35-25-13-10-24(11-14-25)32-29-17-12-23-5-1-2-7-28(23)31(29)37-34-38(32)33(39)30(41-34)19-22-4-3-6-27(18-22)40-20-21-8-15-26(36)16-9-21/h1-11,13-16,18-19,32H,12,17,20H2/b30-19+/t32-/m0/s1. The summed E-state index contributed by atoms with van der Waals surface area (Å²) in [5.74, 6) is 0.737. The van der Waals surface area contributed by atoms with Crippen LogP contribution in [0.1, 0.15) is 40.3 Å². The topological polar surface area (TPSA) is 43.6 Å². The van der Waals surface area contributed by atoms with E-state index in [4.69, 9.17) is 21.3 Å². The number of thiazole rings is 1. The zero-order valence-corrected chi connectivity index (χ0v) is 25.0. The Morgan fingerprint density at radius 2 is 1.78 bits per heavy atom. The number of hydrogen-bond acceptors (Lipinski definition) is 4. The fraction of sp³-hybridized carbons (Fsp3) is 0.118. The number of halogens is 2. The van der Waals surface area contributed by atoms with Crippen LogP contribution in [0.15, 0.2) is 117 Å². The molecule has 0 N–H and O–H groups in total. The molecule has 0 fully saturated rings. The molecule has 0 amide bonds. The summed E-state index contributed by atoms with van der Waals surface area (Å²) >= 11 is 11.0. The van der Waals surface area contributed by atoms with Gasteiger partial charge in [-0.15, -0.1) is 0 Å². The molecule has 0 saturated heterocycles. The molecular weight excluding hydrogens is 616 g/mol. The summed E-state index contributed by atoms with van der Waals surface area (Å²) in [7, 11) is 0. The van der Waals surface area contributed by atoms with E-state index >= 15 is 0 Å². The summed E-state index contributed by atoms with van der Waals surface area (Å²) in [5.41, 5.74) is 7.66. The minimum atomic E-state index is -0.195. The van der Waals surface area contributed by atoms with Crippen LogP contribution < -0.4 is 19.6 Å². The van der Waals surface area contributed by atoms with E-state index in [1.54, 1.807) is 0 Å². The van der Waals surface area contributed by atoms with Crippen molar-refractivity contribution in [1.82, 2.24) is 4.57 Å². The highest BCUT2D eigenvalue weighted by Crippen LogP contribution is 2.41. The first-order valence-electron chi connectivity index (χ1n) is 13.4. The molecule has 5 aromatic rings. The third-order valence-corrected chi connectivity index (χ3v) is 9.30. The van der Waals surface area contributed by atoms with Crippen molar-refractivity contribution in [2.75, 3.05) is 0 Å². The molecule has 0 radical (unpaired) electrons. The summed E-state index contributed by atoms with van der Waals surface area (Å²) < 4.78 is 9.57. The zero-order chi connectivity index (χ0) is 27.9. The Kier molecular flexibility index (Phi) is 6.99. The molecule has 41 heavy (non-hydrogen) atoms. The first-order valence-corrected chi connectivity index (χ1v) is 15.4. The quantitative estimate of drug-likeness (QED) is 0.202. The number of rotatable bonds is 5. The number of allylic oxidation sites excluding steroid dienone is 1. The van der Waals surface area contributed by atoms with Gasteiger partial charge in [-0.25, -0.2) is 4.99 Å². The fourth-order valence-electron chi connectivity index (χ4n) is 5.56. The molecular formula is C34H24BrClN2O2S. The van der Waals surface area contributed by atoms with Crippen molar-refractivity contribution in [2.45, 2.75) is 25.5 Å². The Labute approximate surface area is 254 Å². The van der Waals surface area contributed by atoms with Crippen LogP contribution in [-0.4, -0.2) is 4.57 Å². The third-order valence-electron chi connectivity index (χ3n) is 7.53. The summed E-state index contributed by atoms with van der Waals surface area (Å²) in [6.45, 7) is 0.434. The van der Waals surface area contributed by atoms with Gasteiger partial charge in [0.25, 0.3) is 5.56 Å².